The van der Waals surface area contributed by atoms with E-state index < -0.39 is 35.1 Å². The van der Waals surface area contributed by atoms with E-state index in [9.17, 15) is 41.0 Å². The second kappa shape index (κ2) is 11.9. The van der Waals surface area contributed by atoms with E-state index in [1.54, 1.807) is 51.1 Å². The standard InChI is InChI=1S/C29H34F6N2O4/c1-5-11-20-17-22(27(40,28(30,31)32)29(33,34)35)18-21(16-19-12-7-6-8-13-19)23(20)41-15-10-9-14-37-24(38)26(2,3)36(4)25(37)39/h6-8,12-13,17-18,40H,5,9-11,14-16H2,1-4H3. The Balaban J connectivity index is 1.91. The summed E-state index contributed by atoms with van der Waals surface area (Å²) >= 11 is 0. The molecule has 12 heteroatoms. The highest BCUT2D eigenvalue weighted by atomic mass is 19.4. The summed E-state index contributed by atoms with van der Waals surface area (Å²) in [6.07, 6.45) is -10.8. The van der Waals surface area contributed by atoms with Gasteiger partial charge in [0, 0.05) is 25.6 Å². The Kier molecular flexibility index (Phi) is 9.36. The minimum absolute atomic E-state index is 0.0370. The molecule has 2 aromatic rings. The molecule has 41 heavy (non-hydrogen) atoms. The average Bonchev–Trinajstić information content (AvgIpc) is 3.02. The minimum atomic E-state index is -6.02. The molecule has 6 nitrogen and oxygen atoms in total. The first-order valence-electron chi connectivity index (χ1n) is 13.2. The number of likely N-dealkylation sites (N-methyl/N-ethyl adjacent to an activating group) is 1. The van der Waals surface area contributed by atoms with Gasteiger partial charge in [-0.25, -0.2) is 4.79 Å². The van der Waals surface area contributed by atoms with Crippen molar-refractivity contribution in [2.45, 2.75) is 76.4 Å². The number of carbonyl (C=O) groups excluding carboxylic acids is 2. The fraction of sp³-hybridized carbons (Fsp3) is 0.517. The van der Waals surface area contributed by atoms with Crippen molar-refractivity contribution in [1.82, 2.24) is 9.80 Å². The fourth-order valence-corrected chi connectivity index (χ4v) is 4.76. The van der Waals surface area contributed by atoms with Crippen molar-refractivity contribution < 1.29 is 45.8 Å². The molecule has 226 valence electrons. The number of ether oxygens (including phenoxy) is 1. The summed E-state index contributed by atoms with van der Waals surface area (Å²) < 4.78 is 88.5. The molecule has 1 aliphatic heterocycles. The number of amides is 3. The molecule has 0 aromatic heterocycles. The normalized spacial score (nSPS) is 16.1. The smallest absolute Gasteiger partial charge is 0.430 e. The van der Waals surface area contributed by atoms with E-state index in [1.807, 2.05) is 0 Å². The van der Waals surface area contributed by atoms with Crippen LogP contribution in [-0.2, 0) is 23.2 Å². The van der Waals surface area contributed by atoms with Crippen molar-refractivity contribution in [2.24, 2.45) is 0 Å². The van der Waals surface area contributed by atoms with Gasteiger partial charge in [-0.05, 0) is 61.9 Å². The van der Waals surface area contributed by atoms with E-state index in [1.165, 1.54) is 11.9 Å². The molecule has 0 spiro atoms. The minimum Gasteiger partial charge on any atom is -0.493 e. The molecule has 3 amide bonds. The number of rotatable bonds is 11. The molecule has 0 unspecified atom stereocenters. The molecule has 2 aromatic carbocycles. The van der Waals surface area contributed by atoms with Gasteiger partial charge in [-0.2, -0.15) is 26.3 Å². The molecule has 1 heterocycles. The van der Waals surface area contributed by atoms with Crippen LogP contribution in [-0.4, -0.2) is 64.9 Å². The number of carbonyl (C=O) groups is 2. The van der Waals surface area contributed by atoms with Crippen molar-refractivity contribution in [3.63, 3.8) is 0 Å². The van der Waals surface area contributed by atoms with Crippen molar-refractivity contribution >= 4 is 11.9 Å². The van der Waals surface area contributed by atoms with Gasteiger partial charge in [0.15, 0.2) is 0 Å². The molecule has 1 aliphatic rings. The predicted molar refractivity (Wildman–Crippen MR) is 139 cm³/mol. The number of benzene rings is 2. The number of halogens is 6. The highest BCUT2D eigenvalue weighted by Gasteiger charge is 2.71. The third kappa shape index (κ3) is 6.32. The second-order valence-corrected chi connectivity index (χ2v) is 10.7. The molecule has 0 radical (unpaired) electrons. The number of hydrogen-bond acceptors (Lipinski definition) is 4. The molecule has 1 N–H and O–H groups in total. The van der Waals surface area contributed by atoms with Gasteiger partial charge in [0.1, 0.15) is 11.3 Å². The zero-order valence-electron chi connectivity index (χ0n) is 23.3. The van der Waals surface area contributed by atoms with E-state index in [4.69, 9.17) is 4.74 Å². The highest BCUT2D eigenvalue weighted by Crippen LogP contribution is 2.51. The van der Waals surface area contributed by atoms with E-state index in [2.05, 4.69) is 0 Å². The number of imide groups is 1. The molecule has 0 atom stereocenters. The highest BCUT2D eigenvalue weighted by molar-refractivity contribution is 6.06. The van der Waals surface area contributed by atoms with Gasteiger partial charge in [0.25, 0.3) is 11.5 Å². The summed E-state index contributed by atoms with van der Waals surface area (Å²) in [5.74, 6) is -0.181. The van der Waals surface area contributed by atoms with Crippen LogP contribution in [0.2, 0.25) is 0 Å². The van der Waals surface area contributed by atoms with Crippen LogP contribution in [0.4, 0.5) is 31.1 Å². The zero-order chi connectivity index (χ0) is 30.8. The van der Waals surface area contributed by atoms with E-state index in [0.717, 1.165) is 4.90 Å². The van der Waals surface area contributed by atoms with Crippen molar-refractivity contribution in [3.8, 4) is 5.75 Å². The topological polar surface area (TPSA) is 70.1 Å². The van der Waals surface area contributed by atoms with E-state index in [-0.39, 0.29) is 48.8 Å². The predicted octanol–water partition coefficient (Wildman–Crippen LogP) is 6.37. The van der Waals surface area contributed by atoms with Gasteiger partial charge in [-0.1, -0.05) is 43.7 Å². The summed E-state index contributed by atoms with van der Waals surface area (Å²) in [4.78, 5) is 27.5. The van der Waals surface area contributed by atoms with Crippen LogP contribution in [0.15, 0.2) is 42.5 Å². The van der Waals surface area contributed by atoms with Crippen LogP contribution in [0.3, 0.4) is 0 Å². The van der Waals surface area contributed by atoms with Crippen LogP contribution in [0.5, 0.6) is 5.75 Å². The molecular formula is C29H34F6N2O4. The number of unbranched alkanes of at least 4 members (excludes halogenated alkanes) is 1. The summed E-state index contributed by atoms with van der Waals surface area (Å²) in [6.45, 7) is 5.17. The molecule has 0 aliphatic carbocycles. The Morgan fingerprint density at radius 2 is 1.51 bits per heavy atom. The van der Waals surface area contributed by atoms with Gasteiger partial charge in [0.05, 0.1) is 6.61 Å². The summed E-state index contributed by atoms with van der Waals surface area (Å²) in [7, 11) is 1.54. The third-order valence-electron chi connectivity index (χ3n) is 7.39. The van der Waals surface area contributed by atoms with E-state index >= 15 is 0 Å². The second-order valence-electron chi connectivity index (χ2n) is 10.7. The summed E-state index contributed by atoms with van der Waals surface area (Å²) in [5.41, 5.74) is -6.56. The first kappa shape index (κ1) is 32.2. The first-order valence-corrected chi connectivity index (χ1v) is 13.2. The van der Waals surface area contributed by atoms with Gasteiger partial charge >= 0.3 is 18.4 Å². The van der Waals surface area contributed by atoms with Crippen LogP contribution < -0.4 is 4.74 Å². The number of alkyl halides is 6. The van der Waals surface area contributed by atoms with Crippen molar-refractivity contribution in [1.29, 1.82) is 0 Å². The Morgan fingerprint density at radius 1 is 0.927 bits per heavy atom. The van der Waals surface area contributed by atoms with Crippen molar-refractivity contribution in [2.75, 3.05) is 20.2 Å². The first-order chi connectivity index (χ1) is 19.0. The fourth-order valence-electron chi connectivity index (χ4n) is 4.76. The Labute approximate surface area is 234 Å². The number of nitrogens with zero attached hydrogens (tertiary/aromatic N) is 2. The summed E-state index contributed by atoms with van der Waals surface area (Å²) in [6, 6.07) is 9.46. The molecule has 1 fully saturated rings. The van der Waals surface area contributed by atoms with Crippen LogP contribution in [0.1, 0.15) is 62.3 Å². The number of aliphatic hydroxyl groups is 1. The molecule has 0 saturated carbocycles. The van der Waals surface area contributed by atoms with Crippen LogP contribution >= 0.6 is 0 Å². The van der Waals surface area contributed by atoms with Crippen LogP contribution in [0, 0.1) is 0 Å². The molecule has 0 bridgehead atoms. The van der Waals surface area contributed by atoms with Gasteiger partial charge in [-0.3, -0.25) is 9.69 Å². The monoisotopic (exact) mass is 588 g/mol. The Hall–Kier alpha value is -3.28. The lowest BCUT2D eigenvalue weighted by molar-refractivity contribution is -0.376. The number of aryl methyl sites for hydroxylation is 1. The quantitative estimate of drug-likeness (QED) is 0.188. The average molecular weight is 589 g/mol. The SMILES string of the molecule is CCCc1cc(C(O)(C(F)(F)F)C(F)(F)F)cc(Cc2ccccc2)c1OCCCCN1C(=O)N(C)C(C)(C)C1=O. The lowest BCUT2D eigenvalue weighted by atomic mass is 9.86. The molecular weight excluding hydrogens is 554 g/mol. The Morgan fingerprint density at radius 3 is 2.02 bits per heavy atom. The third-order valence-corrected chi connectivity index (χ3v) is 7.39. The number of hydrogen-bond donors (Lipinski definition) is 1. The molecule has 3 rings (SSSR count). The zero-order valence-corrected chi connectivity index (χ0v) is 23.3. The molecule has 1 saturated heterocycles. The number of urea groups is 1. The lowest BCUT2D eigenvalue weighted by Gasteiger charge is -2.33. The van der Waals surface area contributed by atoms with Gasteiger partial charge < -0.3 is 14.7 Å². The maximum absolute atomic E-state index is 13.7. The maximum Gasteiger partial charge on any atom is 0.430 e. The maximum atomic E-state index is 13.7. The Bertz CT molecular complexity index is 1230. The van der Waals surface area contributed by atoms with Gasteiger partial charge in [0.2, 0.25) is 0 Å². The van der Waals surface area contributed by atoms with E-state index in [0.29, 0.717) is 37.0 Å². The van der Waals surface area contributed by atoms with Gasteiger partial charge in [-0.15, -0.1) is 0 Å². The van der Waals surface area contributed by atoms with Crippen LogP contribution in [0.25, 0.3) is 0 Å². The largest absolute Gasteiger partial charge is 0.493 e. The summed E-state index contributed by atoms with van der Waals surface area (Å²) in [5, 5.41) is 10.1. The lowest BCUT2D eigenvalue weighted by Crippen LogP contribution is -2.54. The van der Waals surface area contributed by atoms with Crippen molar-refractivity contribution in [3.05, 3.63) is 64.7 Å².